The third kappa shape index (κ3) is 2.79. The van der Waals surface area contributed by atoms with E-state index in [9.17, 15) is 9.18 Å². The highest BCUT2D eigenvalue weighted by molar-refractivity contribution is 5.93. The SMILES string of the molecule is Cc1cc(Oc2cc(C(=O)O)c(N)cn2)ccc1F. The molecule has 0 aliphatic heterocycles. The minimum absolute atomic E-state index is 0.0511. The quantitative estimate of drug-likeness (QED) is 0.888. The Morgan fingerprint density at radius 3 is 2.79 bits per heavy atom. The van der Waals surface area contributed by atoms with Gasteiger partial charge in [-0.25, -0.2) is 14.2 Å². The Kier molecular flexibility index (Phi) is 3.33. The molecule has 0 aliphatic carbocycles. The number of halogens is 1. The number of nitrogens with two attached hydrogens (primary N) is 1. The Hall–Kier alpha value is -2.63. The van der Waals surface area contributed by atoms with Crippen molar-refractivity contribution in [1.29, 1.82) is 0 Å². The van der Waals surface area contributed by atoms with Gasteiger partial charge >= 0.3 is 5.97 Å². The van der Waals surface area contributed by atoms with E-state index in [2.05, 4.69) is 4.98 Å². The zero-order valence-electron chi connectivity index (χ0n) is 10.1. The van der Waals surface area contributed by atoms with E-state index in [1.54, 1.807) is 6.92 Å². The normalized spacial score (nSPS) is 10.2. The molecule has 1 heterocycles. The van der Waals surface area contributed by atoms with Crippen molar-refractivity contribution in [2.75, 3.05) is 5.73 Å². The summed E-state index contributed by atoms with van der Waals surface area (Å²) in [5, 5.41) is 8.92. The molecule has 0 unspecified atom stereocenters. The number of hydrogen-bond donors (Lipinski definition) is 2. The Morgan fingerprint density at radius 2 is 2.16 bits per heavy atom. The zero-order chi connectivity index (χ0) is 14.0. The minimum atomic E-state index is -1.17. The van der Waals surface area contributed by atoms with Crippen LogP contribution >= 0.6 is 0 Å². The maximum Gasteiger partial charge on any atom is 0.338 e. The number of carbonyl (C=O) groups is 1. The van der Waals surface area contributed by atoms with Gasteiger partial charge < -0.3 is 15.6 Å². The van der Waals surface area contributed by atoms with Crippen molar-refractivity contribution >= 4 is 11.7 Å². The van der Waals surface area contributed by atoms with Gasteiger partial charge in [0, 0.05) is 6.07 Å². The van der Waals surface area contributed by atoms with Crippen molar-refractivity contribution in [1.82, 2.24) is 4.98 Å². The Labute approximate surface area is 108 Å². The van der Waals surface area contributed by atoms with Crippen LogP contribution in [0.2, 0.25) is 0 Å². The minimum Gasteiger partial charge on any atom is -0.478 e. The summed E-state index contributed by atoms with van der Waals surface area (Å²) in [5.74, 6) is -1.06. The molecule has 19 heavy (non-hydrogen) atoms. The number of nitrogen functional groups attached to an aromatic ring is 1. The molecule has 1 aromatic carbocycles. The van der Waals surface area contributed by atoms with Crippen LogP contribution in [0.25, 0.3) is 0 Å². The number of aromatic carboxylic acids is 1. The largest absolute Gasteiger partial charge is 0.478 e. The van der Waals surface area contributed by atoms with Gasteiger partial charge in [0.2, 0.25) is 5.88 Å². The first-order valence-corrected chi connectivity index (χ1v) is 5.40. The lowest BCUT2D eigenvalue weighted by Gasteiger charge is -2.07. The second kappa shape index (κ2) is 4.93. The van der Waals surface area contributed by atoms with Crippen LogP contribution in [0.5, 0.6) is 11.6 Å². The predicted octanol–water partition coefficient (Wildman–Crippen LogP) is 2.60. The standard InChI is InChI=1S/C13H11FN2O3/c1-7-4-8(2-3-10(7)14)19-12-5-9(13(17)18)11(15)6-16-12/h2-6H,15H2,1H3,(H,17,18). The second-order valence-electron chi connectivity index (χ2n) is 3.93. The summed E-state index contributed by atoms with van der Waals surface area (Å²) in [6, 6.07) is 5.41. The molecule has 0 fully saturated rings. The van der Waals surface area contributed by atoms with Gasteiger partial charge in [0.15, 0.2) is 0 Å². The Balaban J connectivity index is 2.30. The Bertz CT molecular complexity index is 644. The first kappa shape index (κ1) is 12.8. The van der Waals surface area contributed by atoms with Crippen molar-refractivity contribution in [3.8, 4) is 11.6 Å². The van der Waals surface area contributed by atoms with Gasteiger partial charge in [-0.15, -0.1) is 0 Å². The van der Waals surface area contributed by atoms with Gasteiger partial charge in [0.05, 0.1) is 17.4 Å². The number of carboxylic acid groups (broad SMARTS) is 1. The van der Waals surface area contributed by atoms with E-state index >= 15 is 0 Å². The molecule has 0 atom stereocenters. The van der Waals surface area contributed by atoms with E-state index in [0.717, 1.165) is 0 Å². The van der Waals surface area contributed by atoms with Gasteiger partial charge in [-0.3, -0.25) is 0 Å². The molecule has 6 heteroatoms. The fourth-order valence-corrected chi connectivity index (χ4v) is 1.49. The van der Waals surface area contributed by atoms with Crippen LogP contribution in [-0.4, -0.2) is 16.1 Å². The van der Waals surface area contributed by atoms with E-state index in [0.29, 0.717) is 11.3 Å². The zero-order valence-corrected chi connectivity index (χ0v) is 10.1. The predicted molar refractivity (Wildman–Crippen MR) is 66.8 cm³/mol. The van der Waals surface area contributed by atoms with Gasteiger partial charge in [0.25, 0.3) is 0 Å². The fraction of sp³-hybridized carbons (Fsp3) is 0.0769. The summed E-state index contributed by atoms with van der Waals surface area (Å²) < 4.78 is 18.5. The summed E-state index contributed by atoms with van der Waals surface area (Å²) in [5.41, 5.74) is 5.86. The van der Waals surface area contributed by atoms with Crippen LogP contribution < -0.4 is 10.5 Å². The maximum absolute atomic E-state index is 13.1. The molecule has 2 rings (SSSR count). The summed E-state index contributed by atoms with van der Waals surface area (Å²) in [6.07, 6.45) is 1.20. The smallest absolute Gasteiger partial charge is 0.338 e. The number of rotatable bonds is 3. The van der Waals surface area contributed by atoms with Crippen LogP contribution in [0.3, 0.4) is 0 Å². The van der Waals surface area contributed by atoms with E-state index in [4.69, 9.17) is 15.6 Å². The number of carboxylic acids is 1. The highest BCUT2D eigenvalue weighted by Crippen LogP contribution is 2.24. The third-order valence-corrected chi connectivity index (χ3v) is 2.49. The lowest BCUT2D eigenvalue weighted by molar-refractivity contribution is 0.0697. The lowest BCUT2D eigenvalue weighted by atomic mass is 10.2. The van der Waals surface area contributed by atoms with Crippen LogP contribution in [0.4, 0.5) is 10.1 Å². The average molecular weight is 262 g/mol. The molecular weight excluding hydrogens is 251 g/mol. The number of aromatic nitrogens is 1. The van der Waals surface area contributed by atoms with Crippen LogP contribution in [0.1, 0.15) is 15.9 Å². The van der Waals surface area contributed by atoms with Crippen molar-refractivity contribution in [3.63, 3.8) is 0 Å². The average Bonchev–Trinajstić information content (AvgIpc) is 2.36. The summed E-state index contributed by atoms with van der Waals surface area (Å²) in [7, 11) is 0. The topological polar surface area (TPSA) is 85.4 Å². The second-order valence-corrected chi connectivity index (χ2v) is 3.93. The van der Waals surface area contributed by atoms with Gasteiger partial charge in [-0.05, 0) is 30.7 Å². The van der Waals surface area contributed by atoms with Crippen molar-refractivity contribution in [2.45, 2.75) is 6.92 Å². The van der Waals surface area contributed by atoms with Crippen molar-refractivity contribution in [3.05, 3.63) is 47.4 Å². The monoisotopic (exact) mass is 262 g/mol. The van der Waals surface area contributed by atoms with Crippen LogP contribution in [0, 0.1) is 12.7 Å². The number of aryl methyl sites for hydroxylation is 1. The molecule has 0 saturated carbocycles. The molecule has 0 amide bonds. The van der Waals surface area contributed by atoms with Gasteiger partial charge in [0.1, 0.15) is 11.6 Å². The molecule has 0 saturated heterocycles. The third-order valence-electron chi connectivity index (χ3n) is 2.49. The lowest BCUT2D eigenvalue weighted by Crippen LogP contribution is -2.03. The van der Waals surface area contributed by atoms with E-state index in [-0.39, 0.29) is 22.9 Å². The first-order valence-electron chi connectivity index (χ1n) is 5.40. The molecule has 5 nitrogen and oxygen atoms in total. The summed E-state index contributed by atoms with van der Waals surface area (Å²) in [6.45, 7) is 1.60. The van der Waals surface area contributed by atoms with Gasteiger partial charge in [-0.2, -0.15) is 0 Å². The molecular formula is C13H11FN2O3. The highest BCUT2D eigenvalue weighted by atomic mass is 19.1. The van der Waals surface area contributed by atoms with E-state index in [1.165, 1.54) is 30.5 Å². The van der Waals surface area contributed by atoms with Crippen LogP contribution in [0.15, 0.2) is 30.5 Å². The molecule has 1 aromatic heterocycles. The number of benzene rings is 1. The highest BCUT2D eigenvalue weighted by Gasteiger charge is 2.11. The van der Waals surface area contributed by atoms with Crippen molar-refractivity contribution in [2.24, 2.45) is 0 Å². The molecule has 98 valence electrons. The maximum atomic E-state index is 13.1. The molecule has 0 bridgehead atoms. The number of hydrogen-bond acceptors (Lipinski definition) is 4. The molecule has 0 aliphatic rings. The summed E-state index contributed by atoms with van der Waals surface area (Å²) >= 11 is 0. The van der Waals surface area contributed by atoms with Gasteiger partial charge in [-0.1, -0.05) is 0 Å². The molecule has 2 aromatic rings. The van der Waals surface area contributed by atoms with Crippen molar-refractivity contribution < 1.29 is 19.0 Å². The molecule has 0 radical (unpaired) electrons. The first-order chi connectivity index (χ1) is 8.97. The summed E-state index contributed by atoms with van der Waals surface area (Å²) in [4.78, 5) is 14.8. The van der Waals surface area contributed by atoms with E-state index < -0.39 is 5.97 Å². The number of pyridine rings is 1. The van der Waals surface area contributed by atoms with Crippen LogP contribution in [-0.2, 0) is 0 Å². The molecule has 0 spiro atoms. The Morgan fingerprint density at radius 1 is 1.42 bits per heavy atom. The number of ether oxygens (including phenoxy) is 1. The number of nitrogens with zero attached hydrogens (tertiary/aromatic N) is 1. The number of anilines is 1. The van der Waals surface area contributed by atoms with E-state index in [1.807, 2.05) is 0 Å². The fourth-order valence-electron chi connectivity index (χ4n) is 1.49. The molecule has 3 N–H and O–H groups in total.